The highest BCUT2D eigenvalue weighted by Crippen LogP contribution is 2.30. The maximum absolute atomic E-state index is 12.2. The summed E-state index contributed by atoms with van der Waals surface area (Å²) in [7, 11) is 1.69. The summed E-state index contributed by atoms with van der Waals surface area (Å²) in [6, 6.07) is 12.9. The minimum absolute atomic E-state index is 0.263. The number of carbonyl (C=O) groups is 2. The van der Waals surface area contributed by atoms with Crippen LogP contribution in [-0.4, -0.2) is 43.6 Å². The van der Waals surface area contributed by atoms with Crippen molar-refractivity contribution in [1.29, 1.82) is 0 Å². The molecule has 0 atom stereocenters. The quantitative estimate of drug-likeness (QED) is 0.733. The van der Waals surface area contributed by atoms with E-state index in [9.17, 15) is 9.59 Å². The lowest BCUT2D eigenvalue weighted by Crippen LogP contribution is -2.30. The van der Waals surface area contributed by atoms with E-state index in [-0.39, 0.29) is 12.5 Å². The molecule has 0 bridgehead atoms. The van der Waals surface area contributed by atoms with Crippen LogP contribution in [-0.2, 0) is 22.5 Å². The van der Waals surface area contributed by atoms with Gasteiger partial charge >= 0.3 is 5.97 Å². The van der Waals surface area contributed by atoms with Gasteiger partial charge in [-0.15, -0.1) is 0 Å². The van der Waals surface area contributed by atoms with Gasteiger partial charge in [0.05, 0.1) is 5.56 Å². The van der Waals surface area contributed by atoms with Crippen LogP contribution in [0, 0.1) is 0 Å². The van der Waals surface area contributed by atoms with Crippen LogP contribution in [0.4, 0.5) is 0 Å². The van der Waals surface area contributed by atoms with Crippen LogP contribution in [0.3, 0.4) is 0 Å². The Morgan fingerprint density at radius 2 is 1.67 bits per heavy atom. The molecular formula is C21H23NO5. The van der Waals surface area contributed by atoms with Gasteiger partial charge in [0.15, 0.2) is 18.1 Å². The Morgan fingerprint density at radius 3 is 2.37 bits per heavy atom. The molecule has 0 saturated carbocycles. The maximum atomic E-state index is 12.2. The second-order valence-corrected chi connectivity index (χ2v) is 6.35. The second-order valence-electron chi connectivity index (χ2n) is 6.35. The summed E-state index contributed by atoms with van der Waals surface area (Å²) in [5, 5.41) is 0. The molecule has 0 spiro atoms. The minimum atomic E-state index is -0.568. The molecule has 1 amide bonds. The monoisotopic (exact) mass is 369 g/mol. The molecule has 0 aliphatic carbocycles. The predicted octanol–water partition coefficient (Wildman–Crippen LogP) is 2.84. The van der Waals surface area contributed by atoms with Crippen molar-refractivity contribution in [2.45, 2.75) is 19.9 Å². The first-order valence-electron chi connectivity index (χ1n) is 8.95. The van der Waals surface area contributed by atoms with Crippen LogP contribution in [0.2, 0.25) is 0 Å². The van der Waals surface area contributed by atoms with Gasteiger partial charge in [0.25, 0.3) is 5.91 Å². The maximum Gasteiger partial charge on any atom is 0.338 e. The molecule has 3 rings (SSSR count). The van der Waals surface area contributed by atoms with Crippen molar-refractivity contribution in [3.8, 4) is 11.5 Å². The lowest BCUT2D eigenvalue weighted by Gasteiger charge is -2.19. The van der Waals surface area contributed by atoms with Crippen LogP contribution in [0.15, 0.2) is 42.5 Å². The summed E-state index contributed by atoms with van der Waals surface area (Å²) in [6.45, 7) is 3.18. The number of likely N-dealkylation sites (N-methyl/N-ethyl adjacent to an activating group) is 1. The van der Waals surface area contributed by atoms with E-state index in [1.807, 2.05) is 12.1 Å². The van der Waals surface area contributed by atoms with E-state index in [0.29, 0.717) is 36.8 Å². The topological polar surface area (TPSA) is 65.1 Å². The van der Waals surface area contributed by atoms with Gasteiger partial charge in [-0.3, -0.25) is 4.79 Å². The van der Waals surface area contributed by atoms with Crippen molar-refractivity contribution >= 4 is 11.9 Å². The molecule has 27 heavy (non-hydrogen) atoms. The first-order chi connectivity index (χ1) is 13.1. The Hall–Kier alpha value is -3.02. The molecule has 1 aliphatic heterocycles. The third-order valence-corrected chi connectivity index (χ3v) is 4.38. The number of hydrogen-bond donors (Lipinski definition) is 0. The summed E-state index contributed by atoms with van der Waals surface area (Å²) in [5.74, 6) is 0.277. The lowest BCUT2D eigenvalue weighted by atomic mass is 10.1. The average Bonchev–Trinajstić information content (AvgIpc) is 2.71. The number of aryl methyl sites for hydroxylation is 1. The zero-order valence-corrected chi connectivity index (χ0v) is 15.6. The Balaban J connectivity index is 1.52. The number of hydrogen-bond acceptors (Lipinski definition) is 5. The third-order valence-electron chi connectivity index (χ3n) is 4.38. The van der Waals surface area contributed by atoms with E-state index in [1.165, 1.54) is 10.5 Å². The predicted molar refractivity (Wildman–Crippen MR) is 100 cm³/mol. The van der Waals surface area contributed by atoms with Gasteiger partial charge in [0.2, 0.25) is 0 Å². The van der Waals surface area contributed by atoms with Gasteiger partial charge in [-0.05, 0) is 35.7 Å². The molecular weight excluding hydrogens is 346 g/mol. The van der Waals surface area contributed by atoms with Crippen LogP contribution in [0.25, 0.3) is 0 Å². The molecule has 142 valence electrons. The van der Waals surface area contributed by atoms with Gasteiger partial charge in [0.1, 0.15) is 13.2 Å². The van der Waals surface area contributed by atoms with Crippen molar-refractivity contribution in [3.05, 3.63) is 59.2 Å². The molecule has 1 aliphatic rings. The summed E-state index contributed by atoms with van der Waals surface area (Å²) in [4.78, 5) is 26.0. The number of carbonyl (C=O) groups excluding carboxylic acids is 2. The number of nitrogens with zero attached hydrogens (tertiary/aromatic N) is 1. The molecule has 6 heteroatoms. The largest absolute Gasteiger partial charge is 0.486 e. The fourth-order valence-corrected chi connectivity index (χ4v) is 2.73. The van der Waals surface area contributed by atoms with Gasteiger partial charge < -0.3 is 19.1 Å². The molecule has 0 unspecified atom stereocenters. The highest BCUT2D eigenvalue weighted by molar-refractivity contribution is 5.92. The molecule has 1 heterocycles. The van der Waals surface area contributed by atoms with E-state index in [2.05, 4.69) is 19.1 Å². The van der Waals surface area contributed by atoms with Crippen molar-refractivity contribution in [2.75, 3.05) is 26.9 Å². The number of ether oxygens (including phenoxy) is 3. The highest BCUT2D eigenvalue weighted by atomic mass is 16.6. The molecule has 0 fully saturated rings. The molecule has 2 aromatic rings. The molecule has 0 saturated heterocycles. The van der Waals surface area contributed by atoms with E-state index in [4.69, 9.17) is 14.2 Å². The van der Waals surface area contributed by atoms with E-state index < -0.39 is 5.97 Å². The fourth-order valence-electron chi connectivity index (χ4n) is 2.73. The molecule has 0 aromatic heterocycles. The number of benzene rings is 2. The number of amides is 1. The zero-order chi connectivity index (χ0) is 19.2. The highest BCUT2D eigenvalue weighted by Gasteiger charge is 2.17. The number of rotatable bonds is 6. The number of esters is 1. The van der Waals surface area contributed by atoms with Gasteiger partial charge in [-0.1, -0.05) is 31.2 Å². The first kappa shape index (κ1) is 18.8. The SMILES string of the molecule is CCc1ccc(CN(C)C(=O)COC(=O)c2ccc3c(c2)OCCO3)cc1. The molecule has 6 nitrogen and oxygen atoms in total. The van der Waals surface area contributed by atoms with Gasteiger partial charge in [-0.2, -0.15) is 0 Å². The van der Waals surface area contributed by atoms with E-state index in [0.717, 1.165) is 12.0 Å². The summed E-state index contributed by atoms with van der Waals surface area (Å²) in [6.07, 6.45) is 0.977. The minimum Gasteiger partial charge on any atom is -0.486 e. The Bertz CT molecular complexity index is 816. The van der Waals surface area contributed by atoms with Crippen LogP contribution < -0.4 is 9.47 Å². The Labute approximate surface area is 158 Å². The van der Waals surface area contributed by atoms with Crippen LogP contribution in [0.1, 0.15) is 28.4 Å². The van der Waals surface area contributed by atoms with E-state index in [1.54, 1.807) is 25.2 Å². The molecule has 0 radical (unpaired) electrons. The van der Waals surface area contributed by atoms with E-state index >= 15 is 0 Å². The summed E-state index contributed by atoms with van der Waals surface area (Å²) < 4.78 is 16.0. The van der Waals surface area contributed by atoms with Crippen LogP contribution >= 0.6 is 0 Å². The standard InChI is InChI=1S/C21H23NO5/c1-3-15-4-6-16(7-5-15)13-22(2)20(23)14-27-21(24)17-8-9-18-19(12-17)26-11-10-25-18/h4-9,12H,3,10-11,13-14H2,1-2H3. The van der Waals surface area contributed by atoms with Gasteiger partial charge in [0, 0.05) is 13.6 Å². The molecule has 2 aromatic carbocycles. The van der Waals surface area contributed by atoms with Crippen LogP contribution in [0.5, 0.6) is 11.5 Å². The summed E-state index contributed by atoms with van der Waals surface area (Å²) >= 11 is 0. The third kappa shape index (κ3) is 4.78. The Morgan fingerprint density at radius 1 is 1.00 bits per heavy atom. The van der Waals surface area contributed by atoms with Gasteiger partial charge in [-0.25, -0.2) is 4.79 Å². The van der Waals surface area contributed by atoms with Crippen molar-refractivity contribution in [3.63, 3.8) is 0 Å². The fraction of sp³-hybridized carbons (Fsp3) is 0.333. The lowest BCUT2D eigenvalue weighted by molar-refractivity contribution is -0.133. The van der Waals surface area contributed by atoms with Crippen molar-refractivity contribution < 1.29 is 23.8 Å². The normalized spacial score (nSPS) is 12.4. The summed E-state index contributed by atoms with van der Waals surface area (Å²) in [5.41, 5.74) is 2.60. The smallest absolute Gasteiger partial charge is 0.338 e. The van der Waals surface area contributed by atoms with Crippen molar-refractivity contribution in [1.82, 2.24) is 4.90 Å². The average molecular weight is 369 g/mol. The van der Waals surface area contributed by atoms with Crippen molar-refractivity contribution in [2.24, 2.45) is 0 Å². The second kappa shape index (κ2) is 8.58. The number of fused-ring (bicyclic) bond motifs is 1. The molecule has 0 N–H and O–H groups in total. The first-order valence-corrected chi connectivity index (χ1v) is 8.95. The Kier molecular flexibility index (Phi) is 5.96. The zero-order valence-electron chi connectivity index (χ0n) is 15.6.